The number of amides is 2. The number of carbonyl (C=O) groups is 2. The van der Waals surface area contributed by atoms with Crippen molar-refractivity contribution in [2.24, 2.45) is 0 Å². The lowest BCUT2D eigenvalue weighted by molar-refractivity contribution is -0.126. The van der Waals surface area contributed by atoms with E-state index in [0.717, 1.165) is 5.56 Å². The first-order valence-electron chi connectivity index (χ1n) is 6.35. The fraction of sp³-hybridized carbons (Fsp3) is 0.133. The van der Waals surface area contributed by atoms with Gasteiger partial charge in [-0.15, -0.1) is 0 Å². The maximum absolute atomic E-state index is 13.3. The smallest absolute Gasteiger partial charge is 0.233 e. The van der Waals surface area contributed by atoms with Gasteiger partial charge < -0.3 is 10.6 Å². The maximum atomic E-state index is 13.3. The molecule has 0 fully saturated rings. The third kappa shape index (κ3) is 4.68. The first kappa shape index (κ1) is 14.6. The average molecular weight is 287 g/mol. The Labute approximate surface area is 121 Å². The van der Waals surface area contributed by atoms with Crippen molar-refractivity contribution in [3.05, 3.63) is 60.2 Å². The lowest BCUT2D eigenvalue weighted by atomic mass is 10.2. The van der Waals surface area contributed by atoms with Crippen LogP contribution in [-0.4, -0.2) is 16.8 Å². The second kappa shape index (κ2) is 7.14. The molecular formula is C15H14FN3O2. The van der Waals surface area contributed by atoms with Gasteiger partial charge in [0, 0.05) is 18.9 Å². The first-order chi connectivity index (χ1) is 10.1. The second-order valence-electron chi connectivity index (χ2n) is 4.34. The summed E-state index contributed by atoms with van der Waals surface area (Å²) in [7, 11) is 0. The Balaban J connectivity index is 1.80. The van der Waals surface area contributed by atoms with Crippen molar-refractivity contribution in [3.8, 4) is 0 Å². The minimum absolute atomic E-state index is 0.0579. The van der Waals surface area contributed by atoms with Crippen LogP contribution in [-0.2, 0) is 16.1 Å². The predicted octanol–water partition coefficient (Wildman–Crippen LogP) is 1.87. The number of pyridine rings is 1. The molecule has 2 N–H and O–H groups in total. The lowest BCUT2D eigenvalue weighted by Crippen LogP contribution is -2.27. The van der Waals surface area contributed by atoms with Gasteiger partial charge in [0.2, 0.25) is 11.8 Å². The Bertz CT molecular complexity index is 632. The first-order valence-corrected chi connectivity index (χ1v) is 6.35. The largest absolute Gasteiger partial charge is 0.352 e. The summed E-state index contributed by atoms with van der Waals surface area (Å²) in [6.07, 6.45) is 2.89. The van der Waals surface area contributed by atoms with Crippen molar-refractivity contribution in [2.75, 3.05) is 5.32 Å². The summed E-state index contributed by atoms with van der Waals surface area (Å²) in [6.45, 7) is 0.291. The number of rotatable bonds is 5. The molecule has 21 heavy (non-hydrogen) atoms. The minimum atomic E-state index is -0.566. The van der Waals surface area contributed by atoms with Crippen molar-refractivity contribution in [3.63, 3.8) is 0 Å². The van der Waals surface area contributed by atoms with Gasteiger partial charge in [-0.1, -0.05) is 18.2 Å². The summed E-state index contributed by atoms with van der Waals surface area (Å²) in [5, 5.41) is 4.95. The molecule has 2 rings (SSSR count). The van der Waals surface area contributed by atoms with Crippen LogP contribution >= 0.6 is 0 Å². The topological polar surface area (TPSA) is 71.1 Å². The van der Waals surface area contributed by atoms with Gasteiger partial charge in [-0.3, -0.25) is 14.6 Å². The van der Waals surface area contributed by atoms with E-state index < -0.39 is 17.6 Å². The molecule has 0 aliphatic rings. The number of aromatic nitrogens is 1. The van der Waals surface area contributed by atoms with E-state index in [0.29, 0.717) is 6.54 Å². The molecule has 0 unspecified atom stereocenters. The molecule has 0 aliphatic heterocycles. The van der Waals surface area contributed by atoms with E-state index in [1.54, 1.807) is 24.5 Å². The molecule has 0 bridgehead atoms. The van der Waals surface area contributed by atoms with Crippen molar-refractivity contribution < 1.29 is 14.0 Å². The lowest BCUT2D eigenvalue weighted by Gasteiger charge is -2.07. The van der Waals surface area contributed by atoms with Crippen LogP contribution in [0.25, 0.3) is 0 Å². The molecule has 0 aliphatic carbocycles. The van der Waals surface area contributed by atoms with E-state index in [-0.39, 0.29) is 12.1 Å². The average Bonchev–Trinajstić information content (AvgIpc) is 2.48. The standard InChI is InChI=1S/C15H14FN3O2/c16-12-5-1-2-6-13(12)19-15(21)8-14(20)18-10-11-4-3-7-17-9-11/h1-7,9H,8,10H2,(H,18,20)(H,19,21). The highest BCUT2D eigenvalue weighted by atomic mass is 19.1. The van der Waals surface area contributed by atoms with Gasteiger partial charge in [0.05, 0.1) is 5.69 Å². The maximum Gasteiger partial charge on any atom is 0.233 e. The van der Waals surface area contributed by atoms with Crippen LogP contribution in [0.15, 0.2) is 48.8 Å². The van der Waals surface area contributed by atoms with Gasteiger partial charge in [-0.25, -0.2) is 4.39 Å². The molecule has 0 spiro atoms. The Morgan fingerprint density at radius 2 is 1.90 bits per heavy atom. The summed E-state index contributed by atoms with van der Waals surface area (Å²) in [5.74, 6) is -1.54. The number of hydrogen-bond donors (Lipinski definition) is 2. The van der Waals surface area contributed by atoms with Crippen LogP contribution < -0.4 is 10.6 Å². The van der Waals surface area contributed by atoms with Crippen molar-refractivity contribution >= 4 is 17.5 Å². The van der Waals surface area contributed by atoms with Gasteiger partial charge in [-0.2, -0.15) is 0 Å². The summed E-state index contributed by atoms with van der Waals surface area (Å²) in [5.41, 5.74) is 0.892. The van der Waals surface area contributed by atoms with E-state index in [4.69, 9.17) is 0 Å². The van der Waals surface area contributed by atoms with Crippen LogP contribution in [0, 0.1) is 5.82 Å². The number of carbonyl (C=O) groups excluding carboxylic acids is 2. The van der Waals surface area contributed by atoms with E-state index in [9.17, 15) is 14.0 Å². The predicted molar refractivity (Wildman–Crippen MR) is 75.7 cm³/mol. The van der Waals surface area contributed by atoms with Crippen LogP contribution in [0.3, 0.4) is 0 Å². The monoisotopic (exact) mass is 287 g/mol. The fourth-order valence-electron chi connectivity index (χ4n) is 1.67. The molecule has 5 nitrogen and oxygen atoms in total. The van der Waals surface area contributed by atoms with E-state index >= 15 is 0 Å². The van der Waals surface area contributed by atoms with E-state index in [2.05, 4.69) is 15.6 Å². The van der Waals surface area contributed by atoms with Crippen molar-refractivity contribution in [1.29, 1.82) is 0 Å². The third-order valence-corrected chi connectivity index (χ3v) is 2.68. The third-order valence-electron chi connectivity index (χ3n) is 2.68. The quantitative estimate of drug-likeness (QED) is 0.825. The highest BCUT2D eigenvalue weighted by Gasteiger charge is 2.11. The van der Waals surface area contributed by atoms with Gasteiger partial charge in [0.1, 0.15) is 12.2 Å². The van der Waals surface area contributed by atoms with Crippen LogP contribution in [0.2, 0.25) is 0 Å². The van der Waals surface area contributed by atoms with Gasteiger partial charge >= 0.3 is 0 Å². The molecule has 0 atom stereocenters. The number of benzene rings is 1. The Kier molecular flexibility index (Phi) is 4.98. The van der Waals surface area contributed by atoms with Gasteiger partial charge in [-0.05, 0) is 23.8 Å². The molecule has 0 radical (unpaired) electrons. The van der Waals surface area contributed by atoms with Crippen LogP contribution in [0.5, 0.6) is 0 Å². The number of hydrogen-bond acceptors (Lipinski definition) is 3. The number of nitrogens with zero attached hydrogens (tertiary/aromatic N) is 1. The molecule has 0 saturated carbocycles. The number of halogens is 1. The molecule has 2 amide bonds. The van der Waals surface area contributed by atoms with Crippen LogP contribution in [0.1, 0.15) is 12.0 Å². The number of anilines is 1. The highest BCUT2D eigenvalue weighted by Crippen LogP contribution is 2.12. The summed E-state index contributed by atoms with van der Waals surface area (Å²) in [6, 6.07) is 9.35. The van der Waals surface area contributed by atoms with Crippen molar-refractivity contribution in [2.45, 2.75) is 13.0 Å². The SMILES string of the molecule is O=C(CC(=O)Nc1ccccc1F)NCc1cccnc1. The normalized spacial score (nSPS) is 9.95. The Morgan fingerprint density at radius 1 is 1.10 bits per heavy atom. The molecule has 1 heterocycles. The highest BCUT2D eigenvalue weighted by molar-refractivity contribution is 6.03. The molecule has 1 aromatic heterocycles. The molecule has 2 aromatic rings. The summed E-state index contributed by atoms with van der Waals surface area (Å²) in [4.78, 5) is 27.2. The van der Waals surface area contributed by atoms with Crippen LogP contribution in [0.4, 0.5) is 10.1 Å². The van der Waals surface area contributed by atoms with Gasteiger partial charge in [0.25, 0.3) is 0 Å². The van der Waals surface area contributed by atoms with E-state index in [1.807, 2.05) is 6.07 Å². The molecule has 1 aromatic carbocycles. The summed E-state index contributed by atoms with van der Waals surface area (Å²) < 4.78 is 13.3. The fourth-order valence-corrected chi connectivity index (χ4v) is 1.67. The zero-order valence-electron chi connectivity index (χ0n) is 11.2. The van der Waals surface area contributed by atoms with E-state index in [1.165, 1.54) is 18.2 Å². The number of para-hydroxylation sites is 1. The number of nitrogens with one attached hydrogen (secondary N) is 2. The van der Waals surface area contributed by atoms with Gasteiger partial charge in [0.15, 0.2) is 0 Å². The molecule has 0 saturated heterocycles. The Morgan fingerprint density at radius 3 is 2.62 bits per heavy atom. The van der Waals surface area contributed by atoms with Crippen molar-refractivity contribution in [1.82, 2.24) is 10.3 Å². The Hall–Kier alpha value is -2.76. The minimum Gasteiger partial charge on any atom is -0.352 e. The molecule has 108 valence electrons. The molecular weight excluding hydrogens is 273 g/mol. The zero-order chi connectivity index (χ0) is 15.1. The molecule has 6 heteroatoms. The summed E-state index contributed by atoms with van der Waals surface area (Å²) >= 11 is 0. The zero-order valence-corrected chi connectivity index (χ0v) is 11.2. The second-order valence-corrected chi connectivity index (χ2v) is 4.34.